The van der Waals surface area contributed by atoms with Crippen LogP contribution in [0.15, 0.2) is 149 Å². The number of carbonyl (C=O) groups is 4. The van der Waals surface area contributed by atoms with Crippen LogP contribution in [0.3, 0.4) is 0 Å². The Hall–Kier alpha value is -6.39. The summed E-state index contributed by atoms with van der Waals surface area (Å²) in [6, 6.07) is 24.1. The number of nitrogens with zero attached hydrogens (tertiary/aromatic N) is 7. The molecule has 0 atom stereocenters. The van der Waals surface area contributed by atoms with E-state index in [-0.39, 0.29) is 27.4 Å². The fourth-order valence-electron chi connectivity index (χ4n) is 6.99. The van der Waals surface area contributed by atoms with Gasteiger partial charge in [-0.25, -0.2) is 32.1 Å². The Kier molecular flexibility index (Phi) is 13.2. The molecule has 0 spiro atoms. The van der Waals surface area contributed by atoms with Crippen molar-refractivity contribution in [1.29, 1.82) is 0 Å². The number of aromatic carboxylic acids is 1. The molecule has 0 fully saturated rings. The molecule has 3 amide bonds. The standard InChI is InChI=1S/C21H12BrN3O4S.C19H14N4O3S.C3H2NS.3CH3.Sn/c22-18-12-24(30(28,29)14-6-2-1-3-7-14)19-17(18)10-13(11-23-19)25-20(26)15-8-4-5-9-16(15)21(25)27;1-23-9-15(16-8-20-10-27-16)14-6-11(7-21-17(14)23)22-18(24)12-4-2-3-5-13(12)19(25)26;1-2-5-3-4-1;;;;/h1-12H;2-10H,1H3,(H,22,24)(H,25,26);1,3H;3*1H3;. The Morgan fingerprint density at radius 1 is 0.727 bits per heavy atom. The van der Waals surface area contributed by atoms with Crippen molar-refractivity contribution in [3.8, 4) is 10.4 Å². The zero-order valence-electron chi connectivity index (χ0n) is 35.4. The number of rotatable bonds is 8. The predicted molar refractivity (Wildman–Crippen MR) is 262 cm³/mol. The molecule has 15 nitrogen and oxygen atoms in total. The molecule has 20 heteroatoms. The Balaban J connectivity index is 0.000000152. The second-order valence-corrected chi connectivity index (χ2v) is 35.5. The average molecular weight is 1110 g/mol. The van der Waals surface area contributed by atoms with E-state index < -0.39 is 52.1 Å². The van der Waals surface area contributed by atoms with Crippen LogP contribution < -0.4 is 13.1 Å². The second kappa shape index (κ2) is 18.8. The van der Waals surface area contributed by atoms with Crippen LogP contribution in [0.25, 0.3) is 32.5 Å². The topological polar surface area (TPSA) is 199 Å². The molecule has 0 unspecified atom stereocenters. The number of pyridine rings is 2. The van der Waals surface area contributed by atoms with Crippen molar-refractivity contribution < 1.29 is 32.7 Å². The van der Waals surface area contributed by atoms with E-state index in [0.29, 0.717) is 26.7 Å². The molecule has 0 aliphatic carbocycles. The third-order valence-electron chi connectivity index (χ3n) is 10.2. The molecule has 0 saturated carbocycles. The monoisotopic (exact) mass is 1110 g/mol. The second-order valence-electron chi connectivity index (χ2n) is 15.7. The molecule has 332 valence electrons. The summed E-state index contributed by atoms with van der Waals surface area (Å²) < 4.78 is 31.1. The van der Waals surface area contributed by atoms with Crippen molar-refractivity contribution in [2.24, 2.45) is 7.05 Å². The number of hydrogen-bond acceptors (Lipinski definition) is 12. The molecule has 66 heavy (non-hydrogen) atoms. The van der Waals surface area contributed by atoms with Gasteiger partial charge >= 0.3 is 70.1 Å². The third kappa shape index (κ3) is 9.21. The van der Waals surface area contributed by atoms with Gasteiger partial charge in [0.15, 0.2) is 5.65 Å². The van der Waals surface area contributed by atoms with Crippen LogP contribution >= 0.6 is 38.6 Å². The molecule has 0 radical (unpaired) electrons. The van der Waals surface area contributed by atoms with Gasteiger partial charge in [0.25, 0.3) is 27.7 Å². The number of aromatic nitrogens is 6. The van der Waals surface area contributed by atoms with Crippen LogP contribution in [-0.4, -0.2) is 84.1 Å². The van der Waals surface area contributed by atoms with Gasteiger partial charge in [0.05, 0.1) is 61.3 Å². The maximum absolute atomic E-state index is 13.0. The van der Waals surface area contributed by atoms with Gasteiger partial charge in [-0.3, -0.25) is 19.4 Å². The summed E-state index contributed by atoms with van der Waals surface area (Å²) in [7, 11) is -1.96. The summed E-state index contributed by atoms with van der Waals surface area (Å²) in [6.45, 7) is 0. The van der Waals surface area contributed by atoms with E-state index in [2.05, 4.69) is 56.0 Å². The van der Waals surface area contributed by atoms with Gasteiger partial charge in [-0.2, -0.15) is 0 Å². The van der Waals surface area contributed by atoms with E-state index in [9.17, 15) is 32.7 Å². The number of carboxylic acids is 1. The fraction of sp³-hybridized carbons (Fsp3) is 0.0870. The van der Waals surface area contributed by atoms with E-state index in [0.717, 1.165) is 30.3 Å². The summed E-state index contributed by atoms with van der Waals surface area (Å²) in [5, 5.41) is 13.4. The molecule has 1 aliphatic heterocycles. The van der Waals surface area contributed by atoms with Crippen LogP contribution in [0.4, 0.5) is 11.4 Å². The van der Waals surface area contributed by atoms with Crippen LogP contribution in [-0.2, 0) is 17.1 Å². The number of carbonyl (C=O) groups excluding carboxylic acids is 3. The Morgan fingerprint density at radius 3 is 1.95 bits per heavy atom. The summed E-state index contributed by atoms with van der Waals surface area (Å²) >= 11 is 5.01. The van der Waals surface area contributed by atoms with Crippen LogP contribution in [0.5, 0.6) is 0 Å². The van der Waals surface area contributed by atoms with Gasteiger partial charge in [-0.15, -0.1) is 11.3 Å². The fourth-order valence-corrected chi connectivity index (χ4v) is 15.1. The van der Waals surface area contributed by atoms with E-state index in [1.165, 1.54) is 48.0 Å². The minimum absolute atomic E-state index is 0.0471. The molecule has 6 aromatic heterocycles. The first kappa shape index (κ1) is 46.2. The van der Waals surface area contributed by atoms with Gasteiger partial charge in [0.2, 0.25) is 0 Å². The summed E-state index contributed by atoms with van der Waals surface area (Å²) in [4.78, 5) is 75.7. The number of halogens is 1. The Labute approximate surface area is 398 Å². The molecular weight excluding hydrogens is 1070 g/mol. The number of nitrogens with one attached hydrogen (secondary N) is 1. The molecule has 3 aromatic carbocycles. The predicted octanol–water partition coefficient (Wildman–Crippen LogP) is 9.17. The van der Waals surface area contributed by atoms with Crippen molar-refractivity contribution in [3.05, 3.63) is 166 Å². The number of amides is 3. The van der Waals surface area contributed by atoms with E-state index in [1.807, 2.05) is 46.9 Å². The SMILES string of the molecule is Cn1cc(-c2cncs2)c2cc(NC(=O)c3ccccc3C(=O)O)cnc21.O=C1c2ccccc2C(=O)N1c1cnc2c(c1)c(Br)cn2S(=O)(=O)c1ccccc1.[CH3][Sn]([CH3])([CH3])[c]1cncs1. The number of fused-ring (bicyclic) bond motifs is 3. The van der Waals surface area contributed by atoms with Crippen molar-refractivity contribution in [3.63, 3.8) is 0 Å². The summed E-state index contributed by atoms with van der Waals surface area (Å²) in [5.41, 5.74) is 7.09. The van der Waals surface area contributed by atoms with E-state index in [1.54, 1.807) is 81.5 Å². The zero-order valence-corrected chi connectivity index (χ0v) is 42.3. The van der Waals surface area contributed by atoms with Gasteiger partial charge in [0, 0.05) is 46.4 Å². The first-order valence-electron chi connectivity index (χ1n) is 19.9. The Bertz CT molecular complexity index is 3390. The number of benzene rings is 3. The summed E-state index contributed by atoms with van der Waals surface area (Å²) in [5.74, 6) is -2.53. The molecule has 0 bridgehead atoms. The third-order valence-corrected chi connectivity index (χ3v) is 23.6. The molecule has 1 aliphatic rings. The normalized spacial score (nSPS) is 12.3. The number of imide groups is 1. The first-order valence-corrected chi connectivity index (χ1v) is 33.8. The minimum atomic E-state index is -3.87. The molecule has 9 aromatic rings. The molecule has 7 heterocycles. The molecule has 2 N–H and O–H groups in total. The van der Waals surface area contributed by atoms with Crippen molar-refractivity contribution >= 4 is 127 Å². The van der Waals surface area contributed by atoms with Gasteiger partial charge in [0.1, 0.15) is 5.65 Å². The molecule has 10 rings (SSSR count). The number of anilines is 2. The number of hydrogen-bond donors (Lipinski definition) is 2. The van der Waals surface area contributed by atoms with Gasteiger partial charge < -0.3 is 15.0 Å². The number of thiazole rings is 2. The van der Waals surface area contributed by atoms with E-state index >= 15 is 0 Å². The first-order chi connectivity index (χ1) is 31.5. The van der Waals surface area contributed by atoms with Crippen molar-refractivity contribution in [1.82, 2.24) is 28.5 Å². The van der Waals surface area contributed by atoms with E-state index in [4.69, 9.17) is 0 Å². The van der Waals surface area contributed by atoms with Crippen LogP contribution in [0.2, 0.25) is 14.8 Å². The van der Waals surface area contributed by atoms with Crippen molar-refractivity contribution in [2.45, 2.75) is 19.7 Å². The quantitative estimate of drug-likeness (QED) is 0.109. The average Bonchev–Trinajstić information content (AvgIpc) is 4.17. The van der Waals surface area contributed by atoms with Crippen LogP contribution in [0, 0.1) is 0 Å². The number of carboxylic acid groups (broad SMARTS) is 1. The molecular formula is C46H37BrN8O7S3Sn. The van der Waals surface area contributed by atoms with Gasteiger partial charge in [-0.1, -0.05) is 42.5 Å². The van der Waals surface area contributed by atoms with Crippen LogP contribution in [0.1, 0.15) is 41.4 Å². The van der Waals surface area contributed by atoms with Gasteiger partial charge in [-0.05, 0) is 64.5 Å². The molecule has 0 saturated heterocycles. The van der Waals surface area contributed by atoms with Crippen molar-refractivity contribution in [2.75, 3.05) is 10.2 Å². The maximum atomic E-state index is 13.0. The number of aryl methyl sites for hydroxylation is 1. The summed E-state index contributed by atoms with van der Waals surface area (Å²) in [6.07, 6.45) is 10.1. The zero-order chi connectivity index (χ0) is 46.9. The Morgan fingerprint density at radius 2 is 1.35 bits per heavy atom.